The fraction of sp³-hybridized carbons (Fsp3) is 0.538. The molecule has 0 unspecified atom stereocenters. The number of methoxy groups -OCH3 is 1. The number of hydrogen-bond donors (Lipinski definition) is 2. The molecule has 1 rings (SSSR count). The third-order valence-electron chi connectivity index (χ3n) is 2.25. The van der Waals surface area contributed by atoms with Crippen molar-refractivity contribution in [3.63, 3.8) is 0 Å². The Morgan fingerprint density at radius 2 is 2.00 bits per heavy atom. The van der Waals surface area contributed by atoms with Gasteiger partial charge >= 0.3 is 0 Å². The van der Waals surface area contributed by atoms with Crippen LogP contribution in [0.3, 0.4) is 0 Å². The highest BCUT2D eigenvalue weighted by molar-refractivity contribution is 5.41. The number of ether oxygens (including phenoxy) is 2. The van der Waals surface area contributed by atoms with E-state index in [1.54, 1.807) is 46.1 Å². The Hall–Kier alpha value is -1.26. The summed E-state index contributed by atoms with van der Waals surface area (Å²) in [6.45, 7) is 5.14. The molecular formula is C13H20O4. The van der Waals surface area contributed by atoms with Crippen LogP contribution in [0.2, 0.25) is 0 Å². The minimum absolute atomic E-state index is 0.153. The largest absolute Gasteiger partial charge is 0.497 e. The van der Waals surface area contributed by atoms with Crippen molar-refractivity contribution < 1.29 is 19.7 Å². The molecule has 0 aliphatic rings. The normalized spacial score (nSPS) is 13.3. The molecule has 4 nitrogen and oxygen atoms in total. The fourth-order valence-electron chi connectivity index (χ4n) is 1.37. The predicted octanol–water partition coefficient (Wildman–Crippen LogP) is 1.90. The lowest BCUT2D eigenvalue weighted by atomic mass is 10.1. The zero-order valence-corrected chi connectivity index (χ0v) is 10.7. The molecule has 96 valence electrons. The number of hydrogen-bond acceptors (Lipinski definition) is 4. The van der Waals surface area contributed by atoms with Gasteiger partial charge in [-0.05, 0) is 32.9 Å². The topological polar surface area (TPSA) is 58.9 Å². The van der Waals surface area contributed by atoms with Gasteiger partial charge in [-0.3, -0.25) is 0 Å². The molecule has 17 heavy (non-hydrogen) atoms. The molecule has 1 aromatic rings. The highest BCUT2D eigenvalue weighted by Crippen LogP contribution is 2.30. The van der Waals surface area contributed by atoms with Crippen molar-refractivity contribution >= 4 is 0 Å². The lowest BCUT2D eigenvalue weighted by molar-refractivity contribution is 0.0271. The van der Waals surface area contributed by atoms with Gasteiger partial charge in [0.2, 0.25) is 0 Å². The Bertz CT molecular complexity index is 366. The first-order chi connectivity index (χ1) is 7.83. The summed E-state index contributed by atoms with van der Waals surface area (Å²) in [6, 6.07) is 5.22. The van der Waals surface area contributed by atoms with Crippen LogP contribution in [0.4, 0.5) is 0 Å². The van der Waals surface area contributed by atoms with Crippen molar-refractivity contribution in [2.75, 3.05) is 13.7 Å². The molecule has 0 heterocycles. The first-order valence-corrected chi connectivity index (χ1v) is 5.54. The van der Waals surface area contributed by atoms with E-state index >= 15 is 0 Å². The maximum Gasteiger partial charge on any atom is 0.128 e. The minimum atomic E-state index is -0.918. The second-order valence-corrected chi connectivity index (χ2v) is 4.68. The maximum absolute atomic E-state index is 9.62. The Labute approximate surface area is 102 Å². The minimum Gasteiger partial charge on any atom is -0.497 e. The molecule has 0 aliphatic carbocycles. The van der Waals surface area contributed by atoms with Crippen molar-refractivity contribution in [1.29, 1.82) is 0 Å². The Morgan fingerprint density at radius 1 is 1.35 bits per heavy atom. The van der Waals surface area contributed by atoms with E-state index in [1.807, 2.05) is 0 Å². The second kappa shape index (κ2) is 5.38. The molecule has 0 amide bonds. The number of aliphatic hydroxyl groups is 2. The Kier molecular flexibility index (Phi) is 4.37. The van der Waals surface area contributed by atoms with E-state index in [1.165, 1.54) is 0 Å². The van der Waals surface area contributed by atoms with Crippen LogP contribution in [0.5, 0.6) is 11.5 Å². The molecule has 4 heteroatoms. The molecule has 0 aromatic heterocycles. The van der Waals surface area contributed by atoms with Crippen LogP contribution in [-0.2, 0) is 0 Å². The van der Waals surface area contributed by atoms with Gasteiger partial charge in [-0.2, -0.15) is 0 Å². The van der Waals surface area contributed by atoms with Crippen LogP contribution in [0.1, 0.15) is 32.4 Å². The number of benzene rings is 1. The van der Waals surface area contributed by atoms with Crippen molar-refractivity contribution in [1.82, 2.24) is 0 Å². The number of aliphatic hydroxyl groups excluding tert-OH is 1. The molecular weight excluding hydrogens is 220 g/mol. The quantitative estimate of drug-likeness (QED) is 0.825. The summed E-state index contributed by atoms with van der Waals surface area (Å²) < 4.78 is 10.6. The van der Waals surface area contributed by atoms with Crippen molar-refractivity contribution in [3.8, 4) is 11.5 Å². The fourth-order valence-corrected chi connectivity index (χ4v) is 1.37. The lowest BCUT2D eigenvalue weighted by Gasteiger charge is -2.20. The highest BCUT2D eigenvalue weighted by Gasteiger charge is 2.16. The first-order valence-electron chi connectivity index (χ1n) is 5.54. The van der Waals surface area contributed by atoms with E-state index in [4.69, 9.17) is 9.47 Å². The van der Waals surface area contributed by atoms with E-state index in [9.17, 15) is 10.2 Å². The predicted molar refractivity (Wildman–Crippen MR) is 65.4 cm³/mol. The standard InChI is InChI=1S/C13H20O4/c1-9(14)11-6-5-10(16-4)7-12(11)17-8-13(2,3)15/h5-7,9,14-15H,8H2,1-4H3/t9-/m1/s1. The van der Waals surface area contributed by atoms with Crippen LogP contribution >= 0.6 is 0 Å². The smallest absolute Gasteiger partial charge is 0.128 e. The lowest BCUT2D eigenvalue weighted by Crippen LogP contribution is -2.28. The molecule has 1 aromatic carbocycles. The summed E-state index contributed by atoms with van der Waals surface area (Å²) in [5.41, 5.74) is -0.242. The maximum atomic E-state index is 9.62. The van der Waals surface area contributed by atoms with E-state index in [0.29, 0.717) is 17.1 Å². The molecule has 2 N–H and O–H groups in total. The van der Waals surface area contributed by atoms with Gasteiger partial charge in [0.25, 0.3) is 0 Å². The molecule has 0 fully saturated rings. The number of rotatable bonds is 5. The van der Waals surface area contributed by atoms with E-state index < -0.39 is 11.7 Å². The first kappa shape index (κ1) is 13.8. The zero-order chi connectivity index (χ0) is 13.1. The Balaban J connectivity index is 2.93. The summed E-state index contributed by atoms with van der Waals surface area (Å²) in [5, 5.41) is 19.2. The van der Waals surface area contributed by atoms with Crippen molar-refractivity contribution in [3.05, 3.63) is 23.8 Å². The van der Waals surface area contributed by atoms with Gasteiger partial charge in [-0.15, -0.1) is 0 Å². The molecule has 0 radical (unpaired) electrons. The van der Waals surface area contributed by atoms with Crippen LogP contribution < -0.4 is 9.47 Å². The Morgan fingerprint density at radius 3 is 2.47 bits per heavy atom. The second-order valence-electron chi connectivity index (χ2n) is 4.68. The molecule has 1 atom stereocenters. The van der Waals surface area contributed by atoms with Crippen molar-refractivity contribution in [2.24, 2.45) is 0 Å². The highest BCUT2D eigenvalue weighted by atomic mass is 16.5. The van der Waals surface area contributed by atoms with Crippen molar-refractivity contribution in [2.45, 2.75) is 32.5 Å². The third-order valence-corrected chi connectivity index (χ3v) is 2.25. The molecule has 0 saturated carbocycles. The van der Waals surface area contributed by atoms with Gasteiger partial charge in [0.05, 0.1) is 18.8 Å². The van der Waals surface area contributed by atoms with Crippen LogP contribution in [0, 0.1) is 0 Å². The third kappa shape index (κ3) is 4.24. The van der Waals surface area contributed by atoms with Gasteiger partial charge in [-0.25, -0.2) is 0 Å². The van der Waals surface area contributed by atoms with Gasteiger partial charge < -0.3 is 19.7 Å². The summed E-state index contributed by atoms with van der Waals surface area (Å²) in [4.78, 5) is 0. The monoisotopic (exact) mass is 240 g/mol. The van der Waals surface area contributed by atoms with Crippen LogP contribution in [0.25, 0.3) is 0 Å². The van der Waals surface area contributed by atoms with E-state index in [-0.39, 0.29) is 6.61 Å². The molecule has 0 aliphatic heterocycles. The van der Waals surface area contributed by atoms with Gasteiger partial charge in [0.1, 0.15) is 18.1 Å². The summed E-state index contributed by atoms with van der Waals surface area (Å²) in [7, 11) is 1.57. The van der Waals surface area contributed by atoms with Gasteiger partial charge in [0.15, 0.2) is 0 Å². The molecule has 0 saturated heterocycles. The van der Waals surface area contributed by atoms with Crippen LogP contribution in [-0.4, -0.2) is 29.5 Å². The molecule has 0 spiro atoms. The van der Waals surface area contributed by atoms with Crippen LogP contribution in [0.15, 0.2) is 18.2 Å². The summed E-state index contributed by atoms with van der Waals surface area (Å²) in [5.74, 6) is 1.18. The van der Waals surface area contributed by atoms with E-state index in [2.05, 4.69) is 0 Å². The van der Waals surface area contributed by atoms with E-state index in [0.717, 1.165) is 0 Å². The van der Waals surface area contributed by atoms with Gasteiger partial charge in [0, 0.05) is 11.6 Å². The zero-order valence-electron chi connectivity index (χ0n) is 10.7. The summed E-state index contributed by atoms with van der Waals surface area (Å²) >= 11 is 0. The summed E-state index contributed by atoms with van der Waals surface area (Å²) in [6.07, 6.45) is -0.627. The van der Waals surface area contributed by atoms with Gasteiger partial charge in [-0.1, -0.05) is 0 Å². The SMILES string of the molecule is COc1ccc([C@@H](C)O)c(OCC(C)(C)O)c1. The average molecular weight is 240 g/mol. The average Bonchev–Trinajstić information content (AvgIpc) is 2.24. The molecule has 0 bridgehead atoms.